The quantitative estimate of drug-likeness (QED) is 0.847. The van der Waals surface area contributed by atoms with Crippen LogP contribution in [0.5, 0.6) is 11.5 Å². The van der Waals surface area contributed by atoms with Gasteiger partial charge < -0.3 is 14.8 Å². The van der Waals surface area contributed by atoms with Gasteiger partial charge in [-0.15, -0.1) is 0 Å². The van der Waals surface area contributed by atoms with Crippen molar-refractivity contribution in [1.82, 2.24) is 5.32 Å². The number of fused-ring (bicyclic) bond motifs is 1. The monoisotopic (exact) mass is 315 g/mol. The zero-order valence-electron chi connectivity index (χ0n) is 13.6. The highest BCUT2D eigenvalue weighted by atomic mass is 16.5. The van der Waals surface area contributed by atoms with Gasteiger partial charge in [-0.3, -0.25) is 4.79 Å². The highest BCUT2D eigenvalue weighted by molar-refractivity contribution is 5.78. The SMILES string of the molecule is O=C(Cc1ccc2c(c1)OCCCO2)NCCC1=CCCCC1. The highest BCUT2D eigenvalue weighted by Crippen LogP contribution is 2.30. The highest BCUT2D eigenvalue weighted by Gasteiger charge is 2.12. The Morgan fingerprint density at radius 2 is 1.96 bits per heavy atom. The molecule has 1 heterocycles. The van der Waals surface area contributed by atoms with Crippen molar-refractivity contribution >= 4 is 5.91 Å². The van der Waals surface area contributed by atoms with Crippen molar-refractivity contribution < 1.29 is 14.3 Å². The van der Waals surface area contributed by atoms with Crippen molar-refractivity contribution in [3.63, 3.8) is 0 Å². The number of nitrogens with one attached hydrogen (secondary N) is 1. The Kier molecular flexibility index (Phi) is 5.56. The molecule has 3 rings (SSSR count). The van der Waals surface area contributed by atoms with Crippen molar-refractivity contribution in [1.29, 1.82) is 0 Å². The second-order valence-electron chi connectivity index (χ2n) is 6.22. The fourth-order valence-electron chi connectivity index (χ4n) is 3.06. The maximum absolute atomic E-state index is 12.1. The summed E-state index contributed by atoms with van der Waals surface area (Å²) in [6.07, 6.45) is 9.57. The lowest BCUT2D eigenvalue weighted by Gasteiger charge is -2.13. The minimum atomic E-state index is 0.0656. The van der Waals surface area contributed by atoms with E-state index in [9.17, 15) is 4.79 Å². The smallest absolute Gasteiger partial charge is 0.224 e. The van der Waals surface area contributed by atoms with Gasteiger partial charge in [0, 0.05) is 13.0 Å². The largest absolute Gasteiger partial charge is 0.490 e. The molecule has 0 saturated heterocycles. The molecule has 1 aliphatic heterocycles. The van der Waals surface area contributed by atoms with Crippen LogP contribution in [0.2, 0.25) is 0 Å². The molecule has 0 saturated carbocycles. The number of rotatable bonds is 5. The van der Waals surface area contributed by atoms with Crippen LogP contribution in [0, 0.1) is 0 Å². The summed E-state index contributed by atoms with van der Waals surface area (Å²) >= 11 is 0. The van der Waals surface area contributed by atoms with Crippen molar-refractivity contribution in [3.8, 4) is 11.5 Å². The van der Waals surface area contributed by atoms with E-state index < -0.39 is 0 Å². The lowest BCUT2D eigenvalue weighted by Crippen LogP contribution is -2.26. The summed E-state index contributed by atoms with van der Waals surface area (Å²) < 4.78 is 11.3. The first-order valence-electron chi connectivity index (χ1n) is 8.64. The van der Waals surface area contributed by atoms with Crippen LogP contribution < -0.4 is 14.8 Å². The molecule has 0 bridgehead atoms. The summed E-state index contributed by atoms with van der Waals surface area (Å²) in [7, 11) is 0. The third-order valence-electron chi connectivity index (χ3n) is 4.33. The average molecular weight is 315 g/mol. The molecular weight excluding hydrogens is 290 g/mol. The van der Waals surface area contributed by atoms with E-state index in [0.29, 0.717) is 19.6 Å². The van der Waals surface area contributed by atoms with E-state index in [4.69, 9.17) is 9.47 Å². The predicted octanol–water partition coefficient (Wildman–Crippen LogP) is 3.40. The molecule has 4 nitrogen and oxygen atoms in total. The molecule has 0 atom stereocenters. The van der Waals surface area contributed by atoms with Gasteiger partial charge in [0.2, 0.25) is 5.91 Å². The van der Waals surface area contributed by atoms with E-state index in [-0.39, 0.29) is 5.91 Å². The topological polar surface area (TPSA) is 47.6 Å². The van der Waals surface area contributed by atoms with E-state index >= 15 is 0 Å². The van der Waals surface area contributed by atoms with Crippen molar-refractivity contribution in [2.45, 2.75) is 44.9 Å². The molecule has 1 aromatic rings. The predicted molar refractivity (Wildman–Crippen MR) is 89.9 cm³/mol. The fourth-order valence-corrected chi connectivity index (χ4v) is 3.06. The number of carbonyl (C=O) groups excluding carboxylic acids is 1. The Bertz CT molecular complexity index is 580. The molecule has 0 aromatic heterocycles. The number of carbonyl (C=O) groups is 1. The Morgan fingerprint density at radius 3 is 2.78 bits per heavy atom. The normalized spacial score (nSPS) is 17.1. The van der Waals surface area contributed by atoms with Gasteiger partial charge >= 0.3 is 0 Å². The molecule has 0 fully saturated rings. The Hall–Kier alpha value is -1.97. The third-order valence-corrected chi connectivity index (χ3v) is 4.33. The Morgan fingerprint density at radius 1 is 1.09 bits per heavy atom. The van der Waals surface area contributed by atoms with E-state index in [0.717, 1.165) is 36.4 Å². The molecule has 1 amide bonds. The first-order chi connectivity index (χ1) is 11.3. The number of benzene rings is 1. The van der Waals surface area contributed by atoms with Gasteiger partial charge in [0.25, 0.3) is 0 Å². The second-order valence-corrected chi connectivity index (χ2v) is 6.22. The van der Waals surface area contributed by atoms with Crippen LogP contribution >= 0.6 is 0 Å². The minimum Gasteiger partial charge on any atom is -0.490 e. The zero-order chi connectivity index (χ0) is 15.9. The Labute approximate surface area is 137 Å². The molecule has 1 N–H and O–H groups in total. The number of allylic oxidation sites excluding steroid dienone is 1. The first kappa shape index (κ1) is 15.9. The van der Waals surface area contributed by atoms with Crippen LogP contribution in [0.25, 0.3) is 0 Å². The minimum absolute atomic E-state index is 0.0656. The lowest BCUT2D eigenvalue weighted by atomic mass is 9.97. The molecular formula is C19H25NO3. The van der Waals surface area contributed by atoms with Crippen LogP contribution in [0.4, 0.5) is 0 Å². The molecule has 1 aromatic carbocycles. The fraction of sp³-hybridized carbons (Fsp3) is 0.526. The molecule has 2 aliphatic rings. The second kappa shape index (κ2) is 8.04. The summed E-state index contributed by atoms with van der Waals surface area (Å²) in [6.45, 7) is 2.08. The summed E-state index contributed by atoms with van der Waals surface area (Å²) in [5.74, 6) is 1.59. The number of amides is 1. The van der Waals surface area contributed by atoms with Crippen LogP contribution in [-0.4, -0.2) is 25.7 Å². The van der Waals surface area contributed by atoms with Gasteiger partial charge in [-0.25, -0.2) is 0 Å². The maximum atomic E-state index is 12.1. The van der Waals surface area contributed by atoms with Gasteiger partial charge in [0.1, 0.15) is 0 Å². The van der Waals surface area contributed by atoms with E-state index in [1.807, 2.05) is 18.2 Å². The average Bonchev–Trinajstić information content (AvgIpc) is 2.81. The van der Waals surface area contributed by atoms with E-state index in [1.54, 1.807) is 0 Å². The van der Waals surface area contributed by atoms with Gasteiger partial charge in [0.15, 0.2) is 11.5 Å². The first-order valence-corrected chi connectivity index (χ1v) is 8.64. The third kappa shape index (κ3) is 4.75. The van der Waals surface area contributed by atoms with Crippen LogP contribution in [0.15, 0.2) is 29.8 Å². The Balaban J connectivity index is 1.47. The number of ether oxygens (including phenoxy) is 2. The molecule has 0 unspecified atom stereocenters. The van der Waals surface area contributed by atoms with Crippen LogP contribution in [0.3, 0.4) is 0 Å². The number of hydrogen-bond acceptors (Lipinski definition) is 3. The standard InChI is InChI=1S/C19H25NO3/c21-19(20-10-9-15-5-2-1-3-6-15)14-16-7-8-17-18(13-16)23-12-4-11-22-17/h5,7-8,13H,1-4,6,9-12,14H2,(H,20,21). The lowest BCUT2D eigenvalue weighted by molar-refractivity contribution is -0.120. The molecule has 4 heteroatoms. The van der Waals surface area contributed by atoms with Gasteiger partial charge in [-0.2, -0.15) is 0 Å². The molecule has 23 heavy (non-hydrogen) atoms. The van der Waals surface area contributed by atoms with Gasteiger partial charge in [-0.05, 0) is 49.8 Å². The van der Waals surface area contributed by atoms with E-state index in [1.165, 1.54) is 31.3 Å². The van der Waals surface area contributed by atoms with Gasteiger partial charge in [0.05, 0.1) is 19.6 Å². The molecule has 0 spiro atoms. The summed E-state index contributed by atoms with van der Waals surface area (Å²) in [5, 5.41) is 3.02. The maximum Gasteiger partial charge on any atom is 0.224 e. The molecule has 0 radical (unpaired) electrons. The van der Waals surface area contributed by atoms with Crippen molar-refractivity contribution in [2.24, 2.45) is 0 Å². The van der Waals surface area contributed by atoms with Crippen LogP contribution in [0.1, 0.15) is 44.1 Å². The number of hydrogen-bond donors (Lipinski definition) is 1. The zero-order valence-corrected chi connectivity index (χ0v) is 13.6. The van der Waals surface area contributed by atoms with Gasteiger partial charge in [-0.1, -0.05) is 17.7 Å². The summed E-state index contributed by atoms with van der Waals surface area (Å²) in [5.41, 5.74) is 2.45. The van der Waals surface area contributed by atoms with Crippen molar-refractivity contribution in [3.05, 3.63) is 35.4 Å². The molecule has 1 aliphatic carbocycles. The van der Waals surface area contributed by atoms with E-state index in [2.05, 4.69) is 11.4 Å². The summed E-state index contributed by atoms with van der Waals surface area (Å²) in [6, 6.07) is 5.76. The molecule has 124 valence electrons. The van der Waals surface area contributed by atoms with Crippen molar-refractivity contribution in [2.75, 3.05) is 19.8 Å². The van der Waals surface area contributed by atoms with Crippen LogP contribution in [-0.2, 0) is 11.2 Å². The summed E-state index contributed by atoms with van der Waals surface area (Å²) in [4.78, 5) is 12.1.